The first-order valence-electron chi connectivity index (χ1n) is 5.34. The lowest BCUT2D eigenvalue weighted by Gasteiger charge is -2.09. The molecule has 0 saturated heterocycles. The number of hydrogen-bond acceptors (Lipinski definition) is 2. The summed E-state index contributed by atoms with van der Waals surface area (Å²) in [5.74, 6) is 1.67. The number of hydrogen-bond donors (Lipinski definition) is 2. The van der Waals surface area contributed by atoms with Gasteiger partial charge in [-0.25, -0.2) is 0 Å². The molecule has 1 rings (SSSR count). The van der Waals surface area contributed by atoms with Crippen LogP contribution in [-0.4, -0.2) is 33.2 Å². The fraction of sp³-hybridized carbons (Fsp3) is 0.417. The summed E-state index contributed by atoms with van der Waals surface area (Å²) >= 11 is 0. The summed E-state index contributed by atoms with van der Waals surface area (Å²) in [4.78, 5) is 4.00. The third kappa shape index (κ3) is 6.35. The second-order valence-corrected chi connectivity index (χ2v) is 3.41. The molecule has 0 aromatic heterocycles. The molecule has 0 bridgehead atoms. The van der Waals surface area contributed by atoms with Crippen molar-refractivity contribution in [2.45, 2.75) is 6.92 Å². The van der Waals surface area contributed by atoms with Crippen molar-refractivity contribution in [2.75, 3.05) is 27.2 Å². The molecule has 1 aromatic carbocycles. The van der Waals surface area contributed by atoms with Crippen LogP contribution in [-0.2, 0) is 0 Å². The van der Waals surface area contributed by atoms with E-state index < -0.39 is 0 Å². The van der Waals surface area contributed by atoms with Gasteiger partial charge >= 0.3 is 0 Å². The molecule has 0 saturated carbocycles. The molecule has 0 radical (unpaired) electrons. The van der Waals surface area contributed by atoms with Crippen molar-refractivity contribution in [3.05, 3.63) is 29.8 Å². The first-order chi connectivity index (χ1) is 7.76. The predicted octanol–water partition coefficient (Wildman–Crippen LogP) is 1.79. The number of nitrogens with zero attached hydrogens (tertiary/aromatic N) is 1. The molecule has 2 N–H and O–H groups in total. The maximum Gasteiger partial charge on any atom is 0.190 e. The van der Waals surface area contributed by atoms with Gasteiger partial charge in [-0.3, -0.25) is 4.99 Å². The molecule has 0 fully saturated rings. The van der Waals surface area contributed by atoms with E-state index in [0.717, 1.165) is 18.3 Å². The molecule has 0 aliphatic carbocycles. The second-order valence-electron chi connectivity index (χ2n) is 3.41. The van der Waals surface area contributed by atoms with E-state index in [4.69, 9.17) is 4.74 Å². The standard InChI is InChI=1S/C12H19N3O.HI/c1-10-4-6-11(7-5-10)16-9-8-15-12(13-2)14-3;/h4-7H,8-9H2,1-3H3,(H2,13,14,15);1H. The van der Waals surface area contributed by atoms with E-state index in [-0.39, 0.29) is 24.0 Å². The van der Waals surface area contributed by atoms with Gasteiger partial charge in [0.05, 0.1) is 6.54 Å². The lowest BCUT2D eigenvalue weighted by molar-refractivity contribution is 0.322. The van der Waals surface area contributed by atoms with Gasteiger partial charge in [-0.15, -0.1) is 24.0 Å². The molecule has 0 aliphatic rings. The summed E-state index contributed by atoms with van der Waals surface area (Å²) in [7, 11) is 3.57. The van der Waals surface area contributed by atoms with Gasteiger partial charge in [0.15, 0.2) is 5.96 Å². The van der Waals surface area contributed by atoms with Crippen LogP contribution in [0.3, 0.4) is 0 Å². The Balaban J connectivity index is 0.00000256. The van der Waals surface area contributed by atoms with Crippen LogP contribution in [0.1, 0.15) is 5.56 Å². The molecule has 0 amide bonds. The van der Waals surface area contributed by atoms with Crippen molar-refractivity contribution in [1.29, 1.82) is 0 Å². The number of guanidine groups is 1. The Kier molecular flexibility index (Phi) is 8.57. The molecule has 0 spiro atoms. The fourth-order valence-corrected chi connectivity index (χ4v) is 1.25. The Morgan fingerprint density at radius 1 is 1.29 bits per heavy atom. The average molecular weight is 349 g/mol. The zero-order valence-electron chi connectivity index (χ0n) is 10.5. The van der Waals surface area contributed by atoms with Gasteiger partial charge in [0.25, 0.3) is 0 Å². The molecule has 96 valence electrons. The minimum Gasteiger partial charge on any atom is -0.492 e. The van der Waals surface area contributed by atoms with Crippen molar-refractivity contribution < 1.29 is 4.74 Å². The highest BCUT2D eigenvalue weighted by atomic mass is 127. The number of aliphatic imine (C=N–C) groups is 1. The number of rotatable bonds is 4. The molecule has 0 heterocycles. The maximum atomic E-state index is 5.56. The van der Waals surface area contributed by atoms with E-state index in [0.29, 0.717) is 6.61 Å². The van der Waals surface area contributed by atoms with E-state index in [1.165, 1.54) is 5.56 Å². The number of nitrogens with one attached hydrogen (secondary N) is 2. The van der Waals surface area contributed by atoms with Crippen LogP contribution in [0.4, 0.5) is 0 Å². The maximum absolute atomic E-state index is 5.56. The summed E-state index contributed by atoms with van der Waals surface area (Å²) in [5.41, 5.74) is 1.24. The number of aryl methyl sites for hydroxylation is 1. The summed E-state index contributed by atoms with van der Waals surface area (Å²) in [6.07, 6.45) is 0. The molecule has 0 unspecified atom stereocenters. The minimum atomic E-state index is 0. The summed E-state index contributed by atoms with van der Waals surface area (Å²) < 4.78 is 5.56. The van der Waals surface area contributed by atoms with Gasteiger partial charge in [0.1, 0.15) is 12.4 Å². The minimum absolute atomic E-state index is 0. The Hall–Kier alpha value is -0.980. The molecule has 5 heteroatoms. The number of benzene rings is 1. The monoisotopic (exact) mass is 349 g/mol. The summed E-state index contributed by atoms with van der Waals surface area (Å²) in [6.45, 7) is 3.40. The van der Waals surface area contributed by atoms with E-state index >= 15 is 0 Å². The predicted molar refractivity (Wildman–Crippen MR) is 82.5 cm³/mol. The van der Waals surface area contributed by atoms with Gasteiger partial charge < -0.3 is 15.4 Å². The van der Waals surface area contributed by atoms with Crippen molar-refractivity contribution in [2.24, 2.45) is 4.99 Å². The normalized spacial score (nSPS) is 10.4. The Labute approximate surface area is 120 Å². The van der Waals surface area contributed by atoms with E-state index in [1.807, 2.05) is 31.3 Å². The quantitative estimate of drug-likeness (QED) is 0.377. The third-order valence-corrected chi connectivity index (χ3v) is 2.14. The van der Waals surface area contributed by atoms with Crippen LogP contribution >= 0.6 is 24.0 Å². The first-order valence-corrected chi connectivity index (χ1v) is 5.34. The summed E-state index contributed by atoms with van der Waals surface area (Å²) in [6, 6.07) is 8.02. The van der Waals surface area contributed by atoms with Crippen molar-refractivity contribution in [3.63, 3.8) is 0 Å². The van der Waals surface area contributed by atoms with Crippen LogP contribution in [0.25, 0.3) is 0 Å². The zero-order valence-corrected chi connectivity index (χ0v) is 12.8. The van der Waals surface area contributed by atoms with E-state index in [2.05, 4.69) is 22.5 Å². The van der Waals surface area contributed by atoms with Gasteiger partial charge in [-0.2, -0.15) is 0 Å². The topological polar surface area (TPSA) is 45.7 Å². The van der Waals surface area contributed by atoms with Crippen LogP contribution < -0.4 is 15.4 Å². The Morgan fingerprint density at radius 3 is 2.47 bits per heavy atom. The molecular weight excluding hydrogens is 329 g/mol. The molecule has 0 atom stereocenters. The lowest BCUT2D eigenvalue weighted by Crippen LogP contribution is -2.37. The molecular formula is C12H20IN3O. The zero-order chi connectivity index (χ0) is 11.8. The number of halogens is 1. The van der Waals surface area contributed by atoms with Crippen molar-refractivity contribution in [1.82, 2.24) is 10.6 Å². The van der Waals surface area contributed by atoms with Crippen LogP contribution in [0, 0.1) is 6.92 Å². The highest BCUT2D eigenvalue weighted by Gasteiger charge is 1.94. The highest BCUT2D eigenvalue weighted by Crippen LogP contribution is 2.10. The SMILES string of the molecule is CN=C(NC)NCCOc1ccc(C)cc1.I. The van der Waals surface area contributed by atoms with Crippen molar-refractivity contribution in [3.8, 4) is 5.75 Å². The lowest BCUT2D eigenvalue weighted by atomic mass is 10.2. The molecule has 0 aliphatic heterocycles. The molecule has 1 aromatic rings. The van der Waals surface area contributed by atoms with Crippen LogP contribution in [0.2, 0.25) is 0 Å². The smallest absolute Gasteiger partial charge is 0.190 e. The van der Waals surface area contributed by atoms with Gasteiger partial charge in [-0.1, -0.05) is 17.7 Å². The van der Waals surface area contributed by atoms with Gasteiger partial charge in [-0.05, 0) is 19.1 Å². The second kappa shape index (κ2) is 9.09. The van der Waals surface area contributed by atoms with Crippen molar-refractivity contribution >= 4 is 29.9 Å². The average Bonchev–Trinajstić information content (AvgIpc) is 2.32. The highest BCUT2D eigenvalue weighted by molar-refractivity contribution is 14.0. The molecule has 17 heavy (non-hydrogen) atoms. The van der Waals surface area contributed by atoms with E-state index in [1.54, 1.807) is 7.05 Å². The Bertz CT molecular complexity index is 338. The van der Waals surface area contributed by atoms with Gasteiger partial charge in [0, 0.05) is 14.1 Å². The fourth-order valence-electron chi connectivity index (χ4n) is 1.25. The van der Waals surface area contributed by atoms with Crippen LogP contribution in [0.5, 0.6) is 5.75 Å². The van der Waals surface area contributed by atoms with Gasteiger partial charge in [0.2, 0.25) is 0 Å². The molecule has 4 nitrogen and oxygen atoms in total. The third-order valence-electron chi connectivity index (χ3n) is 2.14. The largest absolute Gasteiger partial charge is 0.492 e. The van der Waals surface area contributed by atoms with E-state index in [9.17, 15) is 0 Å². The number of ether oxygens (including phenoxy) is 1. The summed E-state index contributed by atoms with van der Waals surface area (Å²) in [5, 5.41) is 6.06. The van der Waals surface area contributed by atoms with Crippen LogP contribution in [0.15, 0.2) is 29.3 Å². The Morgan fingerprint density at radius 2 is 1.94 bits per heavy atom. The first kappa shape index (κ1) is 16.0.